The number of hydrogen-bond donors (Lipinski definition) is 4. The Morgan fingerprint density at radius 3 is 1.38 bits per heavy atom. The molecule has 0 spiro atoms. The van der Waals surface area contributed by atoms with Gasteiger partial charge in [0, 0.05) is 24.2 Å². The molecule has 0 bridgehead atoms. The maximum atomic E-state index is 13.7. The third-order valence-corrected chi connectivity index (χ3v) is 6.40. The van der Waals surface area contributed by atoms with Crippen LogP contribution in [0.1, 0.15) is 50.7 Å². The van der Waals surface area contributed by atoms with E-state index in [9.17, 15) is 29.7 Å². The third kappa shape index (κ3) is 4.07. The average molecular weight is 462 g/mol. The number of amides is 2. The molecule has 4 N–H and O–H groups in total. The van der Waals surface area contributed by atoms with Crippen molar-refractivity contribution in [1.29, 1.82) is 0 Å². The summed E-state index contributed by atoms with van der Waals surface area (Å²) in [6.45, 7) is 4.93. The Balaban J connectivity index is 1.93. The zero-order valence-electron chi connectivity index (χ0n) is 19.4. The zero-order valence-corrected chi connectivity index (χ0v) is 19.4. The van der Waals surface area contributed by atoms with Gasteiger partial charge in [0.25, 0.3) is 11.8 Å². The van der Waals surface area contributed by atoms with E-state index >= 15 is 0 Å². The first-order chi connectivity index (χ1) is 16.3. The first-order valence-electron chi connectivity index (χ1n) is 11.7. The quantitative estimate of drug-likeness (QED) is 0.330. The predicted molar refractivity (Wildman–Crippen MR) is 134 cm³/mol. The molecule has 2 heterocycles. The molecule has 2 aromatic rings. The Labute approximate surface area is 199 Å². The molecule has 0 aliphatic carbocycles. The van der Waals surface area contributed by atoms with Crippen molar-refractivity contribution in [3.63, 3.8) is 0 Å². The van der Waals surface area contributed by atoms with Crippen LogP contribution in [0, 0.1) is 0 Å². The molecule has 2 amide bonds. The highest BCUT2D eigenvalue weighted by molar-refractivity contribution is 6.60. The van der Waals surface area contributed by atoms with E-state index in [1.54, 1.807) is 46.2 Å². The van der Waals surface area contributed by atoms with Crippen LogP contribution in [-0.4, -0.2) is 59.2 Å². The molecular formula is C24H28B2N2O6. The van der Waals surface area contributed by atoms with Crippen molar-refractivity contribution in [2.45, 2.75) is 39.5 Å². The number of carbonyl (C=O) groups excluding carboxylic acids is 2. The molecule has 0 aromatic heterocycles. The molecule has 0 saturated carbocycles. The van der Waals surface area contributed by atoms with Gasteiger partial charge in [-0.25, -0.2) is 0 Å². The van der Waals surface area contributed by atoms with Gasteiger partial charge in [-0.05, 0) is 35.9 Å². The van der Waals surface area contributed by atoms with Crippen molar-refractivity contribution in [3.8, 4) is 0 Å². The maximum Gasteiger partial charge on any atom is 0.488 e. The number of fused-ring (bicyclic) bond motifs is 2. The van der Waals surface area contributed by atoms with Crippen LogP contribution in [0.5, 0.6) is 0 Å². The second-order valence-electron chi connectivity index (χ2n) is 8.67. The minimum atomic E-state index is -1.67. The number of hydrogen-bond acceptors (Lipinski definition) is 6. The van der Waals surface area contributed by atoms with Crippen LogP contribution in [0.3, 0.4) is 0 Å². The highest BCUT2D eigenvalue weighted by atomic mass is 16.4. The summed E-state index contributed by atoms with van der Waals surface area (Å²) in [5, 5.41) is 38.6. The Kier molecular flexibility index (Phi) is 6.95. The lowest BCUT2D eigenvalue weighted by molar-refractivity contribution is -0.114. The molecule has 0 atom stereocenters. The monoisotopic (exact) mass is 462 g/mol. The van der Waals surface area contributed by atoms with Gasteiger partial charge >= 0.3 is 14.2 Å². The van der Waals surface area contributed by atoms with Gasteiger partial charge in [0.05, 0.1) is 22.5 Å². The maximum absolute atomic E-state index is 13.7. The van der Waals surface area contributed by atoms with Crippen molar-refractivity contribution in [2.24, 2.45) is 0 Å². The van der Waals surface area contributed by atoms with E-state index in [1.165, 1.54) is 0 Å². The molecule has 4 rings (SSSR count). The zero-order chi connectivity index (χ0) is 24.6. The Morgan fingerprint density at radius 2 is 1.06 bits per heavy atom. The molecule has 34 heavy (non-hydrogen) atoms. The van der Waals surface area contributed by atoms with E-state index in [1.807, 2.05) is 13.8 Å². The highest BCUT2D eigenvalue weighted by Crippen LogP contribution is 2.46. The molecule has 0 unspecified atom stereocenters. The highest BCUT2D eigenvalue weighted by Gasteiger charge is 2.42. The molecule has 176 valence electrons. The van der Waals surface area contributed by atoms with Gasteiger partial charge in [-0.3, -0.25) is 9.59 Å². The second-order valence-corrected chi connectivity index (χ2v) is 8.67. The number of anilines is 2. The molecule has 0 radical (unpaired) electrons. The third-order valence-electron chi connectivity index (χ3n) is 6.40. The van der Waals surface area contributed by atoms with Crippen molar-refractivity contribution in [2.75, 3.05) is 22.9 Å². The minimum absolute atomic E-state index is 0.267. The second kappa shape index (κ2) is 9.76. The largest absolute Gasteiger partial charge is 0.488 e. The number of carbonyl (C=O) groups is 2. The van der Waals surface area contributed by atoms with Crippen LogP contribution in [0.25, 0.3) is 11.1 Å². The van der Waals surface area contributed by atoms with E-state index in [2.05, 4.69) is 0 Å². The van der Waals surface area contributed by atoms with E-state index in [4.69, 9.17) is 0 Å². The van der Waals surface area contributed by atoms with Crippen LogP contribution in [0.4, 0.5) is 11.4 Å². The minimum Gasteiger partial charge on any atom is -0.423 e. The van der Waals surface area contributed by atoms with Crippen LogP contribution in [0.15, 0.2) is 36.4 Å². The first-order valence-corrected chi connectivity index (χ1v) is 11.7. The Morgan fingerprint density at radius 1 is 0.676 bits per heavy atom. The van der Waals surface area contributed by atoms with Crippen molar-refractivity contribution in [3.05, 3.63) is 47.5 Å². The summed E-state index contributed by atoms with van der Waals surface area (Å²) in [6, 6.07) is 9.57. The molecule has 2 aliphatic heterocycles. The Bertz CT molecular complexity index is 1070. The molecule has 2 aromatic carbocycles. The lowest BCUT2D eigenvalue weighted by Gasteiger charge is -2.17. The number of rotatable bonds is 8. The topological polar surface area (TPSA) is 122 Å². The van der Waals surface area contributed by atoms with Gasteiger partial charge in [-0.1, -0.05) is 51.0 Å². The summed E-state index contributed by atoms with van der Waals surface area (Å²) < 4.78 is 0. The molecule has 2 aliphatic rings. The van der Waals surface area contributed by atoms with Gasteiger partial charge in [-0.15, -0.1) is 0 Å². The summed E-state index contributed by atoms with van der Waals surface area (Å²) in [6.07, 6.45) is 3.24. The van der Waals surface area contributed by atoms with Crippen LogP contribution in [-0.2, 0) is 9.59 Å². The summed E-state index contributed by atoms with van der Waals surface area (Å²) in [4.78, 5) is 30.6. The number of nitrogens with zero attached hydrogens (tertiary/aromatic N) is 2. The van der Waals surface area contributed by atoms with Crippen molar-refractivity contribution in [1.82, 2.24) is 0 Å². The molecule has 0 saturated heterocycles. The molecule has 0 fully saturated rings. The van der Waals surface area contributed by atoms with Crippen molar-refractivity contribution < 1.29 is 29.7 Å². The van der Waals surface area contributed by atoms with E-state index in [0.29, 0.717) is 35.6 Å². The Hall–Kier alpha value is -2.91. The number of unbranched alkanes of at least 4 members (excludes halogenated alkanes) is 2. The van der Waals surface area contributed by atoms with Gasteiger partial charge in [0.2, 0.25) is 0 Å². The fourth-order valence-corrected chi connectivity index (χ4v) is 4.57. The summed E-state index contributed by atoms with van der Waals surface area (Å²) >= 11 is 0. The summed E-state index contributed by atoms with van der Waals surface area (Å²) in [7, 11) is -3.35. The first kappa shape index (κ1) is 24.2. The van der Waals surface area contributed by atoms with Crippen molar-refractivity contribution >= 4 is 59.5 Å². The summed E-state index contributed by atoms with van der Waals surface area (Å²) in [5.41, 5.74) is 3.35. The van der Waals surface area contributed by atoms with E-state index in [-0.39, 0.29) is 33.9 Å². The average Bonchev–Trinajstić information content (AvgIpc) is 3.24. The molecule has 10 heteroatoms. The lowest BCUT2D eigenvalue weighted by Crippen LogP contribution is -2.32. The van der Waals surface area contributed by atoms with Gasteiger partial charge in [-0.2, -0.15) is 0 Å². The fourth-order valence-electron chi connectivity index (χ4n) is 4.57. The summed E-state index contributed by atoms with van der Waals surface area (Å²) in [5.74, 6) is -0.600. The standard InChI is InChI=1S/C24H28B2N2O6/c1-3-5-11-27-19-13-15(25(31)32)7-9-17(19)21(23(27)29)22-18-10-8-16(26(33)34)14-20(18)28(24(22)30)12-6-4-2/h7-10,13-14,31-34H,3-6,11-12H2,1-2H3. The van der Waals surface area contributed by atoms with Crippen LogP contribution in [0.2, 0.25) is 0 Å². The predicted octanol–water partition coefficient (Wildman–Crippen LogP) is 0.250. The van der Waals surface area contributed by atoms with Gasteiger partial charge in [0.15, 0.2) is 0 Å². The smallest absolute Gasteiger partial charge is 0.423 e. The SMILES string of the molecule is CCCCN1C(=O)C(=C2C(=O)N(CCCC)c3cc(B(O)O)ccc32)c2ccc(B(O)O)cc21. The van der Waals surface area contributed by atoms with Gasteiger partial charge in [0.1, 0.15) is 0 Å². The van der Waals surface area contributed by atoms with E-state index in [0.717, 1.165) is 25.7 Å². The fraction of sp³-hybridized carbons (Fsp3) is 0.333. The van der Waals surface area contributed by atoms with Gasteiger partial charge < -0.3 is 29.9 Å². The normalized spacial score (nSPS) is 16.9. The lowest BCUT2D eigenvalue weighted by atomic mass is 9.79. The number of benzene rings is 2. The van der Waals surface area contributed by atoms with Crippen LogP contribution < -0.4 is 20.7 Å². The van der Waals surface area contributed by atoms with Crippen LogP contribution >= 0.6 is 0 Å². The molecular weight excluding hydrogens is 434 g/mol. The molecule has 8 nitrogen and oxygen atoms in total. The van der Waals surface area contributed by atoms with E-state index < -0.39 is 14.2 Å².